The number of hydrogen-bond donors (Lipinski definition) is 0. The lowest BCUT2D eigenvalue weighted by Gasteiger charge is -2.33. The molecule has 0 spiro atoms. The molecule has 0 atom stereocenters. The van der Waals surface area contributed by atoms with E-state index in [2.05, 4.69) is 0 Å². The lowest BCUT2D eigenvalue weighted by atomic mass is 10.2. The van der Waals surface area contributed by atoms with Crippen LogP contribution in [0.5, 0.6) is 0 Å². The number of hydrogen-bond acceptors (Lipinski definition) is 6. The molecule has 2 heterocycles. The van der Waals surface area contributed by atoms with Gasteiger partial charge in [-0.05, 0) is 26.0 Å². The minimum absolute atomic E-state index is 0.0995. The van der Waals surface area contributed by atoms with Gasteiger partial charge >= 0.3 is 0 Å². The Kier molecular flexibility index (Phi) is 5.31. The smallest absolute Gasteiger partial charge is 0.289 e. The summed E-state index contributed by atoms with van der Waals surface area (Å²) in [6, 6.07) is 7.15. The molecule has 1 amide bonds. The summed E-state index contributed by atoms with van der Waals surface area (Å²) in [6.45, 7) is 4.51. The molecule has 27 heavy (non-hydrogen) atoms. The highest BCUT2D eigenvalue weighted by Crippen LogP contribution is 2.28. The first kappa shape index (κ1) is 19.5. The Hall–Kier alpha value is -2.30. The average molecular weight is 409 g/mol. The number of amides is 1. The van der Waals surface area contributed by atoms with E-state index in [1.54, 1.807) is 16.2 Å². The number of sulfonamides is 1. The predicted octanol–water partition coefficient (Wildman–Crippen LogP) is 2.42. The first-order valence-corrected chi connectivity index (χ1v) is 10.6. The summed E-state index contributed by atoms with van der Waals surface area (Å²) >= 11 is 1.55. The predicted molar refractivity (Wildman–Crippen MR) is 102 cm³/mol. The van der Waals surface area contributed by atoms with Gasteiger partial charge in [0.15, 0.2) is 4.90 Å². The number of carbonyl (C=O) groups excluding carboxylic acids is 1. The molecule has 0 saturated carbocycles. The normalized spacial score (nSPS) is 15.7. The minimum Gasteiger partial charge on any atom is -0.336 e. The lowest BCUT2D eigenvalue weighted by Crippen LogP contribution is -2.50. The van der Waals surface area contributed by atoms with E-state index < -0.39 is 20.6 Å². The Labute approximate surface area is 161 Å². The standard InChI is InChI=1S/C17H19N3O5S2/c1-12-11-14(13(2)26-12)17(21)18-7-9-19(10-8-18)27(24,25)16-6-4-3-5-15(16)20(22)23/h3-6,11H,7-10H2,1-2H3. The van der Waals surface area contributed by atoms with Crippen molar-refractivity contribution in [1.82, 2.24) is 9.21 Å². The van der Waals surface area contributed by atoms with Crippen LogP contribution in [0.3, 0.4) is 0 Å². The number of para-hydroxylation sites is 1. The van der Waals surface area contributed by atoms with E-state index in [0.717, 1.165) is 9.75 Å². The highest BCUT2D eigenvalue weighted by molar-refractivity contribution is 7.89. The van der Waals surface area contributed by atoms with Crippen LogP contribution < -0.4 is 0 Å². The number of piperazine rings is 1. The summed E-state index contributed by atoms with van der Waals surface area (Å²) in [5.74, 6) is -0.111. The van der Waals surface area contributed by atoms with E-state index in [9.17, 15) is 23.3 Å². The van der Waals surface area contributed by atoms with Gasteiger partial charge in [0.2, 0.25) is 10.0 Å². The quantitative estimate of drug-likeness (QED) is 0.570. The third kappa shape index (κ3) is 3.73. The van der Waals surface area contributed by atoms with Gasteiger partial charge in [0.05, 0.1) is 10.5 Å². The first-order chi connectivity index (χ1) is 12.7. The van der Waals surface area contributed by atoms with E-state index >= 15 is 0 Å². The van der Waals surface area contributed by atoms with Gasteiger partial charge in [-0.3, -0.25) is 14.9 Å². The molecule has 0 unspecified atom stereocenters. The molecule has 1 fully saturated rings. The van der Waals surface area contributed by atoms with E-state index in [1.165, 1.54) is 28.6 Å². The van der Waals surface area contributed by atoms with Gasteiger partial charge in [-0.1, -0.05) is 12.1 Å². The number of carbonyl (C=O) groups is 1. The van der Waals surface area contributed by atoms with Gasteiger partial charge in [0.25, 0.3) is 11.6 Å². The molecule has 2 aromatic rings. The molecule has 1 aromatic heterocycles. The van der Waals surface area contributed by atoms with Crippen molar-refractivity contribution < 1.29 is 18.1 Å². The van der Waals surface area contributed by atoms with Crippen LogP contribution in [0.25, 0.3) is 0 Å². The van der Waals surface area contributed by atoms with Crippen molar-refractivity contribution in [3.63, 3.8) is 0 Å². The Bertz CT molecular complexity index is 992. The maximum absolute atomic E-state index is 12.8. The molecule has 1 aliphatic rings. The van der Waals surface area contributed by atoms with Crippen LogP contribution >= 0.6 is 11.3 Å². The zero-order valence-corrected chi connectivity index (χ0v) is 16.5. The summed E-state index contributed by atoms with van der Waals surface area (Å²) < 4.78 is 26.9. The van der Waals surface area contributed by atoms with E-state index in [1.807, 2.05) is 19.9 Å². The van der Waals surface area contributed by atoms with Gasteiger partial charge < -0.3 is 4.90 Å². The molecule has 144 valence electrons. The zero-order chi connectivity index (χ0) is 19.8. The van der Waals surface area contributed by atoms with Crippen LogP contribution in [-0.4, -0.2) is 54.6 Å². The van der Waals surface area contributed by atoms with E-state index in [4.69, 9.17) is 0 Å². The van der Waals surface area contributed by atoms with Crippen LogP contribution in [0.4, 0.5) is 5.69 Å². The number of nitro benzene ring substituents is 1. The molecule has 10 heteroatoms. The van der Waals surface area contributed by atoms with Crippen LogP contribution in [0.1, 0.15) is 20.1 Å². The second-order valence-corrected chi connectivity index (χ2v) is 9.61. The van der Waals surface area contributed by atoms with Crippen molar-refractivity contribution in [2.45, 2.75) is 18.7 Å². The number of thiophene rings is 1. The van der Waals surface area contributed by atoms with E-state index in [0.29, 0.717) is 5.56 Å². The molecule has 1 aliphatic heterocycles. The summed E-state index contributed by atoms with van der Waals surface area (Å²) in [5, 5.41) is 11.2. The fourth-order valence-corrected chi connectivity index (χ4v) is 5.61. The van der Waals surface area contributed by atoms with Gasteiger partial charge in [0, 0.05) is 42.0 Å². The Morgan fingerprint density at radius 1 is 1.15 bits per heavy atom. The number of rotatable bonds is 4. The number of aryl methyl sites for hydroxylation is 2. The number of nitro groups is 1. The minimum atomic E-state index is -4.00. The molecular formula is C17H19N3O5S2. The molecule has 0 N–H and O–H groups in total. The van der Waals surface area contributed by atoms with Gasteiger partial charge in [0.1, 0.15) is 0 Å². The highest BCUT2D eigenvalue weighted by Gasteiger charge is 2.34. The molecule has 1 aromatic carbocycles. The highest BCUT2D eigenvalue weighted by atomic mass is 32.2. The van der Waals surface area contributed by atoms with Gasteiger partial charge in [-0.15, -0.1) is 11.3 Å². The van der Waals surface area contributed by atoms with Crippen molar-refractivity contribution in [2.24, 2.45) is 0 Å². The van der Waals surface area contributed by atoms with Crippen LogP contribution in [0.2, 0.25) is 0 Å². The number of benzene rings is 1. The zero-order valence-electron chi connectivity index (χ0n) is 14.9. The second kappa shape index (κ2) is 7.37. The SMILES string of the molecule is Cc1cc(C(=O)N2CCN(S(=O)(=O)c3ccccc3[N+](=O)[O-])CC2)c(C)s1. The topological polar surface area (TPSA) is 101 Å². The second-order valence-electron chi connectivity index (χ2n) is 6.25. The fourth-order valence-electron chi connectivity index (χ4n) is 3.11. The Balaban J connectivity index is 1.76. The lowest BCUT2D eigenvalue weighted by molar-refractivity contribution is -0.387. The summed E-state index contributed by atoms with van der Waals surface area (Å²) in [4.78, 5) is 26.4. The summed E-state index contributed by atoms with van der Waals surface area (Å²) in [5.41, 5.74) is 0.202. The van der Waals surface area contributed by atoms with Crippen molar-refractivity contribution >= 4 is 33.0 Å². The van der Waals surface area contributed by atoms with Gasteiger partial charge in [-0.25, -0.2) is 8.42 Å². The third-order valence-electron chi connectivity index (χ3n) is 4.48. The van der Waals surface area contributed by atoms with Gasteiger partial charge in [-0.2, -0.15) is 4.31 Å². The monoisotopic (exact) mass is 409 g/mol. The fraction of sp³-hybridized carbons (Fsp3) is 0.353. The largest absolute Gasteiger partial charge is 0.336 e. The van der Waals surface area contributed by atoms with Crippen molar-refractivity contribution in [3.8, 4) is 0 Å². The first-order valence-electron chi connectivity index (χ1n) is 8.31. The van der Waals surface area contributed by atoms with Crippen LogP contribution in [0, 0.1) is 24.0 Å². The summed E-state index contributed by atoms with van der Waals surface area (Å²) in [7, 11) is -4.00. The Morgan fingerprint density at radius 3 is 2.33 bits per heavy atom. The molecule has 0 aliphatic carbocycles. The average Bonchev–Trinajstić information content (AvgIpc) is 2.99. The molecule has 1 saturated heterocycles. The molecule has 0 bridgehead atoms. The van der Waals surface area contributed by atoms with Crippen molar-refractivity contribution in [3.05, 3.63) is 55.8 Å². The van der Waals surface area contributed by atoms with Crippen molar-refractivity contribution in [2.75, 3.05) is 26.2 Å². The summed E-state index contributed by atoms with van der Waals surface area (Å²) in [6.07, 6.45) is 0. The molecular weight excluding hydrogens is 390 g/mol. The molecule has 8 nitrogen and oxygen atoms in total. The van der Waals surface area contributed by atoms with E-state index in [-0.39, 0.29) is 37.0 Å². The Morgan fingerprint density at radius 2 is 1.78 bits per heavy atom. The number of nitrogens with zero attached hydrogens (tertiary/aromatic N) is 3. The molecule has 0 radical (unpaired) electrons. The third-order valence-corrected chi connectivity index (χ3v) is 7.39. The van der Waals surface area contributed by atoms with Crippen LogP contribution in [0.15, 0.2) is 35.2 Å². The maximum atomic E-state index is 12.8. The van der Waals surface area contributed by atoms with Crippen molar-refractivity contribution in [1.29, 1.82) is 0 Å². The molecule has 3 rings (SSSR count). The van der Waals surface area contributed by atoms with Crippen LogP contribution in [-0.2, 0) is 10.0 Å². The maximum Gasteiger partial charge on any atom is 0.289 e.